The van der Waals surface area contributed by atoms with Crippen LogP contribution in [0, 0.1) is 17.6 Å². The Hall–Kier alpha value is -1.69. The Labute approximate surface area is 128 Å². The number of halogens is 2. The lowest BCUT2D eigenvalue weighted by Gasteiger charge is -2.27. The molecule has 0 spiro atoms. The smallest absolute Gasteiger partial charge is 0.260 e. The Balaban J connectivity index is 1.80. The highest BCUT2D eigenvalue weighted by Gasteiger charge is 2.21. The number of rotatable bonds is 5. The number of nitrogens with one attached hydrogen (secondary N) is 1. The van der Waals surface area contributed by atoms with Crippen LogP contribution >= 0.6 is 0 Å². The molecule has 0 aromatic heterocycles. The number of hydrogen-bond acceptors (Lipinski definition) is 3. The van der Waals surface area contributed by atoms with Crippen LogP contribution in [0.25, 0.3) is 0 Å². The number of amides is 1. The molecule has 122 valence electrons. The van der Waals surface area contributed by atoms with Crippen molar-refractivity contribution >= 4 is 5.91 Å². The molecule has 1 saturated heterocycles. The quantitative estimate of drug-likeness (QED) is 0.909. The van der Waals surface area contributed by atoms with E-state index < -0.39 is 17.7 Å². The maximum absolute atomic E-state index is 13.1. The van der Waals surface area contributed by atoms with Crippen LogP contribution in [0.15, 0.2) is 18.2 Å². The fourth-order valence-corrected chi connectivity index (χ4v) is 2.47. The third-order valence-electron chi connectivity index (χ3n) is 3.73. The van der Waals surface area contributed by atoms with Crippen molar-refractivity contribution < 1.29 is 23.0 Å². The molecule has 0 radical (unpaired) electrons. The van der Waals surface area contributed by atoms with E-state index in [0.29, 0.717) is 19.1 Å². The molecule has 2 rings (SSSR count). The Bertz CT molecular complexity index is 524. The Morgan fingerprint density at radius 2 is 2.23 bits per heavy atom. The molecule has 1 aliphatic heterocycles. The van der Waals surface area contributed by atoms with Crippen LogP contribution in [0.1, 0.15) is 26.7 Å². The van der Waals surface area contributed by atoms with Gasteiger partial charge in [-0.3, -0.25) is 4.79 Å². The van der Waals surface area contributed by atoms with Crippen LogP contribution in [0.2, 0.25) is 0 Å². The third kappa shape index (κ3) is 4.66. The van der Waals surface area contributed by atoms with Crippen LogP contribution in [0.5, 0.6) is 5.75 Å². The minimum absolute atomic E-state index is 0.126. The second-order valence-electron chi connectivity index (χ2n) is 5.65. The van der Waals surface area contributed by atoms with E-state index in [1.807, 2.05) is 6.92 Å². The maximum Gasteiger partial charge on any atom is 0.260 e. The van der Waals surface area contributed by atoms with Gasteiger partial charge in [0.25, 0.3) is 5.91 Å². The summed E-state index contributed by atoms with van der Waals surface area (Å²) in [5.74, 6) is -1.70. The van der Waals surface area contributed by atoms with E-state index in [4.69, 9.17) is 9.47 Å². The lowest BCUT2D eigenvalue weighted by molar-refractivity contribution is -0.127. The average Bonchev–Trinajstić information content (AvgIpc) is 2.48. The largest absolute Gasteiger partial charge is 0.481 e. The Kier molecular flexibility index (Phi) is 5.71. The number of ether oxygens (including phenoxy) is 2. The molecule has 1 fully saturated rings. The van der Waals surface area contributed by atoms with Crippen LogP contribution in [-0.4, -0.2) is 31.3 Å². The molecule has 0 aliphatic carbocycles. The summed E-state index contributed by atoms with van der Waals surface area (Å²) < 4.78 is 36.7. The highest BCUT2D eigenvalue weighted by Crippen LogP contribution is 2.19. The van der Waals surface area contributed by atoms with Gasteiger partial charge in [-0.15, -0.1) is 0 Å². The van der Waals surface area contributed by atoms with Crippen LogP contribution in [0.3, 0.4) is 0 Å². The van der Waals surface area contributed by atoms with Gasteiger partial charge in [-0.2, -0.15) is 0 Å². The first-order valence-electron chi connectivity index (χ1n) is 7.46. The fraction of sp³-hybridized carbons (Fsp3) is 0.562. The number of carbonyl (C=O) groups is 1. The summed E-state index contributed by atoms with van der Waals surface area (Å²) in [4.78, 5) is 12.0. The summed E-state index contributed by atoms with van der Waals surface area (Å²) in [6, 6.07) is 3.19. The molecule has 1 aromatic carbocycles. The molecule has 6 heteroatoms. The number of hydrogen-bond donors (Lipinski definition) is 1. The van der Waals surface area contributed by atoms with Gasteiger partial charge < -0.3 is 14.8 Å². The SMILES string of the molecule is CC1CC(CNC(=O)C(C)Oc2ccc(F)c(F)c2)CCO1. The van der Waals surface area contributed by atoms with Gasteiger partial charge in [0, 0.05) is 19.2 Å². The highest BCUT2D eigenvalue weighted by molar-refractivity contribution is 5.80. The van der Waals surface area contributed by atoms with E-state index in [1.165, 1.54) is 6.07 Å². The minimum Gasteiger partial charge on any atom is -0.481 e. The summed E-state index contributed by atoms with van der Waals surface area (Å²) in [7, 11) is 0. The van der Waals surface area contributed by atoms with E-state index in [1.54, 1.807) is 6.92 Å². The topological polar surface area (TPSA) is 47.6 Å². The van der Waals surface area contributed by atoms with Crippen molar-refractivity contribution in [2.24, 2.45) is 5.92 Å². The average molecular weight is 313 g/mol. The lowest BCUT2D eigenvalue weighted by Crippen LogP contribution is -2.40. The van der Waals surface area contributed by atoms with E-state index in [9.17, 15) is 13.6 Å². The number of benzene rings is 1. The van der Waals surface area contributed by atoms with Gasteiger partial charge in [0.1, 0.15) is 5.75 Å². The molecule has 3 atom stereocenters. The lowest BCUT2D eigenvalue weighted by atomic mass is 9.96. The molecular weight excluding hydrogens is 292 g/mol. The summed E-state index contributed by atoms with van der Waals surface area (Å²) in [5.41, 5.74) is 0. The van der Waals surface area contributed by atoms with Crippen molar-refractivity contribution in [2.45, 2.75) is 38.9 Å². The molecule has 4 nitrogen and oxygen atoms in total. The molecule has 1 N–H and O–H groups in total. The van der Waals surface area contributed by atoms with Crippen molar-refractivity contribution in [1.82, 2.24) is 5.32 Å². The van der Waals surface area contributed by atoms with Gasteiger partial charge in [0.2, 0.25) is 0 Å². The zero-order valence-electron chi connectivity index (χ0n) is 12.8. The van der Waals surface area contributed by atoms with Gasteiger partial charge >= 0.3 is 0 Å². The molecule has 0 bridgehead atoms. The maximum atomic E-state index is 13.1. The third-order valence-corrected chi connectivity index (χ3v) is 3.73. The molecule has 1 aliphatic rings. The van der Waals surface area contributed by atoms with Crippen molar-refractivity contribution in [2.75, 3.05) is 13.2 Å². The first kappa shape index (κ1) is 16.7. The van der Waals surface area contributed by atoms with Crippen molar-refractivity contribution in [3.05, 3.63) is 29.8 Å². The second-order valence-corrected chi connectivity index (χ2v) is 5.65. The number of carbonyl (C=O) groups excluding carboxylic acids is 1. The Morgan fingerprint density at radius 3 is 2.91 bits per heavy atom. The molecule has 22 heavy (non-hydrogen) atoms. The monoisotopic (exact) mass is 313 g/mol. The molecule has 1 amide bonds. The van der Waals surface area contributed by atoms with E-state index in [2.05, 4.69) is 5.32 Å². The first-order valence-corrected chi connectivity index (χ1v) is 7.46. The van der Waals surface area contributed by atoms with Gasteiger partial charge in [-0.25, -0.2) is 8.78 Å². The highest BCUT2D eigenvalue weighted by atomic mass is 19.2. The van der Waals surface area contributed by atoms with Gasteiger partial charge in [-0.05, 0) is 44.7 Å². The zero-order valence-corrected chi connectivity index (χ0v) is 12.8. The fourth-order valence-electron chi connectivity index (χ4n) is 2.47. The summed E-state index contributed by atoms with van der Waals surface area (Å²) in [6.45, 7) is 4.87. The molecule has 0 saturated carbocycles. The van der Waals surface area contributed by atoms with Crippen molar-refractivity contribution in [3.8, 4) is 5.75 Å². The second kappa shape index (κ2) is 7.54. The Morgan fingerprint density at radius 1 is 1.45 bits per heavy atom. The van der Waals surface area contributed by atoms with E-state index in [-0.39, 0.29) is 17.8 Å². The van der Waals surface area contributed by atoms with Crippen molar-refractivity contribution in [1.29, 1.82) is 0 Å². The summed E-state index contributed by atoms with van der Waals surface area (Å²) in [6.07, 6.45) is 1.27. The summed E-state index contributed by atoms with van der Waals surface area (Å²) in [5, 5.41) is 2.83. The van der Waals surface area contributed by atoms with Crippen LogP contribution in [0.4, 0.5) is 8.78 Å². The van der Waals surface area contributed by atoms with Crippen molar-refractivity contribution in [3.63, 3.8) is 0 Å². The van der Waals surface area contributed by atoms with Gasteiger partial charge in [-0.1, -0.05) is 0 Å². The molecule has 3 unspecified atom stereocenters. The van der Waals surface area contributed by atoms with Gasteiger partial charge in [0.15, 0.2) is 17.7 Å². The first-order chi connectivity index (χ1) is 10.5. The summed E-state index contributed by atoms with van der Waals surface area (Å²) >= 11 is 0. The van der Waals surface area contributed by atoms with E-state index in [0.717, 1.165) is 25.0 Å². The van der Waals surface area contributed by atoms with Crippen LogP contribution in [-0.2, 0) is 9.53 Å². The normalized spacial score (nSPS) is 22.9. The predicted octanol–water partition coefficient (Wildman–Crippen LogP) is 2.66. The zero-order chi connectivity index (χ0) is 16.1. The van der Waals surface area contributed by atoms with Crippen LogP contribution < -0.4 is 10.1 Å². The molecule has 1 aromatic rings. The minimum atomic E-state index is -0.999. The molecule has 1 heterocycles. The predicted molar refractivity (Wildman–Crippen MR) is 77.6 cm³/mol. The standard InChI is InChI=1S/C16H21F2NO3/c1-10-7-12(5-6-21-10)9-19-16(20)11(2)22-13-3-4-14(17)15(18)8-13/h3-4,8,10-12H,5-7,9H2,1-2H3,(H,19,20). The van der Waals surface area contributed by atoms with Gasteiger partial charge in [0.05, 0.1) is 6.10 Å². The molecular formula is C16H21F2NO3. The van der Waals surface area contributed by atoms with E-state index >= 15 is 0 Å².